The molecule has 0 bridgehead atoms. The third-order valence-electron chi connectivity index (χ3n) is 0.971. The van der Waals surface area contributed by atoms with E-state index in [2.05, 4.69) is 4.74 Å². The zero-order valence-electron chi connectivity index (χ0n) is 6.58. The monoisotopic (exact) mass is 258 g/mol. The van der Waals surface area contributed by atoms with Crippen LogP contribution in [0.3, 0.4) is 0 Å². The normalized spacial score (nSPS) is 12.1. The molecule has 7 nitrogen and oxygen atoms in total. The molecule has 0 rings (SSSR count). The van der Waals surface area contributed by atoms with Crippen molar-refractivity contribution in [1.82, 2.24) is 0 Å². The summed E-state index contributed by atoms with van der Waals surface area (Å²) in [6.07, 6.45) is 0. The molecular formula is C4H11NaO7S2. The Morgan fingerprint density at radius 1 is 0.857 bits per heavy atom. The molecule has 0 fully saturated rings. The Labute approximate surface area is 105 Å². The molecular weight excluding hydrogens is 247 g/mol. The molecule has 0 aliphatic heterocycles. The molecule has 0 aliphatic rings. The molecule has 0 radical (unpaired) electrons. The second-order valence-corrected chi connectivity index (χ2v) is 5.33. The zero-order chi connectivity index (χ0) is 10.5. The van der Waals surface area contributed by atoms with E-state index in [0.29, 0.717) is 0 Å². The van der Waals surface area contributed by atoms with Crippen molar-refractivity contribution in [3.63, 3.8) is 0 Å². The van der Waals surface area contributed by atoms with Gasteiger partial charge in [-0.05, 0) is 0 Å². The van der Waals surface area contributed by atoms with Crippen LogP contribution in [-0.4, -0.2) is 80.2 Å². The Balaban J connectivity index is 0. The maximum absolute atomic E-state index is 10.1. The van der Waals surface area contributed by atoms with Crippen LogP contribution in [0.5, 0.6) is 0 Å². The van der Waals surface area contributed by atoms with Gasteiger partial charge in [0, 0.05) is 0 Å². The van der Waals surface area contributed by atoms with E-state index in [9.17, 15) is 16.8 Å². The summed E-state index contributed by atoms with van der Waals surface area (Å²) < 4.78 is 61.3. The average molecular weight is 258 g/mol. The summed E-state index contributed by atoms with van der Waals surface area (Å²) in [7, 11) is -8.15. The number of ether oxygens (including phenoxy) is 1. The fourth-order valence-electron chi connectivity index (χ4n) is 0.431. The summed E-state index contributed by atoms with van der Waals surface area (Å²) in [6, 6.07) is 0. The van der Waals surface area contributed by atoms with Gasteiger partial charge in [-0.3, -0.25) is 9.11 Å². The van der Waals surface area contributed by atoms with Gasteiger partial charge >= 0.3 is 29.6 Å². The van der Waals surface area contributed by atoms with Gasteiger partial charge in [0.25, 0.3) is 20.2 Å². The molecule has 0 saturated carbocycles. The summed E-state index contributed by atoms with van der Waals surface area (Å²) in [5.41, 5.74) is 0. The van der Waals surface area contributed by atoms with Crippen LogP contribution < -0.4 is 0 Å². The van der Waals surface area contributed by atoms with Crippen LogP contribution in [0.1, 0.15) is 0 Å². The molecule has 2 N–H and O–H groups in total. The Morgan fingerprint density at radius 3 is 1.36 bits per heavy atom. The topological polar surface area (TPSA) is 118 Å². The van der Waals surface area contributed by atoms with Crippen LogP contribution in [0.2, 0.25) is 0 Å². The van der Waals surface area contributed by atoms with Gasteiger partial charge in [0.15, 0.2) is 0 Å². The molecule has 0 unspecified atom stereocenters. The van der Waals surface area contributed by atoms with E-state index < -0.39 is 31.7 Å². The van der Waals surface area contributed by atoms with E-state index in [0.717, 1.165) is 0 Å². The molecule has 0 heterocycles. The first-order valence-electron chi connectivity index (χ1n) is 3.19. The third kappa shape index (κ3) is 15.3. The van der Waals surface area contributed by atoms with Crippen molar-refractivity contribution in [2.24, 2.45) is 0 Å². The van der Waals surface area contributed by atoms with Crippen molar-refractivity contribution in [2.45, 2.75) is 0 Å². The van der Waals surface area contributed by atoms with Gasteiger partial charge in [0.1, 0.15) is 0 Å². The molecule has 10 heteroatoms. The van der Waals surface area contributed by atoms with Crippen molar-refractivity contribution >= 4 is 49.8 Å². The number of rotatable bonds is 6. The van der Waals surface area contributed by atoms with Gasteiger partial charge in [0.05, 0.1) is 24.7 Å². The predicted octanol–water partition coefficient (Wildman–Crippen LogP) is -1.87. The molecule has 0 aromatic carbocycles. The van der Waals surface area contributed by atoms with Crippen LogP contribution in [0.4, 0.5) is 0 Å². The standard InChI is InChI=1S/C4H10O7S2.Na.H/c5-12(6,7)3-1-11-2-4-13(8,9)10;;/h1-4H2,(H,5,6,7)(H,8,9,10);;. The number of hydrogen-bond acceptors (Lipinski definition) is 5. The fraction of sp³-hybridized carbons (Fsp3) is 1.00. The summed E-state index contributed by atoms with van der Waals surface area (Å²) >= 11 is 0. The van der Waals surface area contributed by atoms with E-state index in [1.54, 1.807) is 0 Å². The van der Waals surface area contributed by atoms with E-state index in [1.807, 2.05) is 0 Å². The van der Waals surface area contributed by atoms with Crippen LogP contribution in [0.15, 0.2) is 0 Å². The van der Waals surface area contributed by atoms with Gasteiger partial charge in [-0.1, -0.05) is 0 Å². The first-order chi connectivity index (χ1) is 5.71. The Morgan fingerprint density at radius 2 is 1.14 bits per heavy atom. The summed E-state index contributed by atoms with van der Waals surface area (Å²) in [5, 5.41) is 0. The number of hydrogen-bond donors (Lipinski definition) is 2. The molecule has 0 aromatic heterocycles. The zero-order valence-corrected chi connectivity index (χ0v) is 8.21. The van der Waals surface area contributed by atoms with E-state index in [1.165, 1.54) is 0 Å². The molecule has 0 atom stereocenters. The molecule has 0 amide bonds. The maximum atomic E-state index is 10.1. The van der Waals surface area contributed by atoms with Crippen LogP contribution in [-0.2, 0) is 25.0 Å². The third-order valence-corrected chi connectivity index (χ3v) is 2.34. The predicted molar refractivity (Wildman–Crippen MR) is 50.8 cm³/mol. The molecule has 0 saturated heterocycles. The minimum absolute atomic E-state index is 0. The van der Waals surface area contributed by atoms with Crippen molar-refractivity contribution in [3.05, 3.63) is 0 Å². The summed E-state index contributed by atoms with van der Waals surface area (Å²) in [4.78, 5) is 0. The SMILES string of the molecule is O=S(=O)(O)CCOCCS(=O)(=O)O.[NaH]. The Hall–Kier alpha value is 0.780. The van der Waals surface area contributed by atoms with Gasteiger partial charge in [0.2, 0.25) is 0 Å². The van der Waals surface area contributed by atoms with Crippen molar-refractivity contribution in [3.8, 4) is 0 Å². The second kappa shape index (κ2) is 7.12. The van der Waals surface area contributed by atoms with Crippen molar-refractivity contribution < 1.29 is 30.7 Å². The molecule has 0 aliphatic carbocycles. The molecule has 14 heavy (non-hydrogen) atoms. The van der Waals surface area contributed by atoms with Crippen LogP contribution >= 0.6 is 0 Å². The van der Waals surface area contributed by atoms with Gasteiger partial charge in [-0.2, -0.15) is 16.8 Å². The second-order valence-electron chi connectivity index (χ2n) is 2.18. The molecule has 0 aromatic rings. The van der Waals surface area contributed by atoms with E-state index in [4.69, 9.17) is 9.11 Å². The average Bonchev–Trinajstić information content (AvgIpc) is 1.81. The first kappa shape index (κ1) is 17.2. The van der Waals surface area contributed by atoms with E-state index >= 15 is 0 Å². The van der Waals surface area contributed by atoms with Gasteiger partial charge in [-0.25, -0.2) is 0 Å². The summed E-state index contributed by atoms with van der Waals surface area (Å²) in [5.74, 6) is -1.20. The fourth-order valence-corrected chi connectivity index (χ4v) is 1.09. The Bertz CT molecular complexity index is 297. The molecule has 82 valence electrons. The van der Waals surface area contributed by atoms with Crippen LogP contribution in [0.25, 0.3) is 0 Å². The minimum atomic E-state index is -4.08. The van der Waals surface area contributed by atoms with Gasteiger partial charge in [-0.15, -0.1) is 0 Å². The molecule has 0 spiro atoms. The van der Waals surface area contributed by atoms with Crippen molar-refractivity contribution in [1.29, 1.82) is 0 Å². The first-order valence-corrected chi connectivity index (χ1v) is 6.40. The van der Waals surface area contributed by atoms with Crippen LogP contribution in [0, 0.1) is 0 Å². The quantitative estimate of drug-likeness (QED) is 0.325. The Kier molecular flexibility index (Phi) is 8.74. The van der Waals surface area contributed by atoms with Crippen molar-refractivity contribution in [2.75, 3.05) is 24.7 Å². The van der Waals surface area contributed by atoms with Gasteiger partial charge < -0.3 is 4.74 Å². The van der Waals surface area contributed by atoms with E-state index in [-0.39, 0.29) is 42.8 Å². The summed E-state index contributed by atoms with van der Waals surface area (Å²) in [6.45, 7) is -0.622.